The summed E-state index contributed by atoms with van der Waals surface area (Å²) in [5.74, 6) is -0.107. The molecule has 0 bridgehead atoms. The quantitative estimate of drug-likeness (QED) is 0.580. The minimum atomic E-state index is -0.107. The molecule has 2 aromatic carbocycles. The average Bonchev–Trinajstić information content (AvgIpc) is 2.46. The molecule has 0 spiro atoms. The molecule has 0 fully saturated rings. The van der Waals surface area contributed by atoms with E-state index in [9.17, 15) is 4.79 Å². The van der Waals surface area contributed by atoms with Gasteiger partial charge >= 0.3 is 0 Å². The number of hydrogen-bond donors (Lipinski definition) is 2. The number of rotatable bonds is 5. The summed E-state index contributed by atoms with van der Waals surface area (Å²) >= 11 is 2.16. The predicted molar refractivity (Wildman–Crippen MR) is 96.9 cm³/mol. The van der Waals surface area contributed by atoms with E-state index in [1.54, 1.807) is 0 Å². The normalized spacial score (nSPS) is 10.0. The highest BCUT2D eigenvalue weighted by Gasteiger charge is 2.11. The van der Waals surface area contributed by atoms with Crippen LogP contribution in [0.15, 0.2) is 60.7 Å². The molecule has 0 saturated heterocycles. The molecule has 0 aliphatic heterocycles. The molecule has 2 rings (SSSR count). The Morgan fingerprint density at radius 2 is 1.71 bits per heavy atom. The van der Waals surface area contributed by atoms with E-state index >= 15 is 0 Å². The zero-order chi connectivity index (χ0) is 15.2. The molecule has 4 heteroatoms. The van der Waals surface area contributed by atoms with Crippen LogP contribution in [0.2, 0.25) is 0 Å². The Bertz CT molecular complexity index is 667. The van der Waals surface area contributed by atoms with Crippen molar-refractivity contribution in [3.63, 3.8) is 0 Å². The van der Waals surface area contributed by atoms with Gasteiger partial charge in [0.15, 0.2) is 0 Å². The van der Waals surface area contributed by atoms with Crippen LogP contribution in [0.1, 0.15) is 17.3 Å². The standard InChI is InChI=1S/C17H17IN2O/c1-12(2)11-19-15-9-5-6-10-16(15)20-17(21)13-7-3-4-8-14(13)18/h3-10,19H,1,11H2,2H3,(H,20,21). The van der Waals surface area contributed by atoms with Crippen LogP contribution in [0.25, 0.3) is 0 Å². The van der Waals surface area contributed by atoms with E-state index in [4.69, 9.17) is 0 Å². The van der Waals surface area contributed by atoms with Gasteiger partial charge in [0.25, 0.3) is 5.91 Å². The average molecular weight is 392 g/mol. The number of hydrogen-bond acceptors (Lipinski definition) is 2. The first kappa shape index (κ1) is 15.6. The van der Waals surface area contributed by atoms with E-state index in [0.717, 1.165) is 20.5 Å². The number of halogens is 1. The summed E-state index contributed by atoms with van der Waals surface area (Å²) in [6.45, 7) is 6.50. The van der Waals surface area contributed by atoms with Crippen molar-refractivity contribution >= 4 is 39.9 Å². The third-order valence-corrected chi connectivity index (χ3v) is 3.82. The summed E-state index contributed by atoms with van der Waals surface area (Å²) in [7, 11) is 0. The lowest BCUT2D eigenvalue weighted by Crippen LogP contribution is -2.15. The highest BCUT2D eigenvalue weighted by atomic mass is 127. The molecule has 0 aromatic heterocycles. The summed E-state index contributed by atoms with van der Waals surface area (Å²) in [6.07, 6.45) is 0. The van der Waals surface area contributed by atoms with Crippen LogP contribution in [-0.2, 0) is 0 Å². The van der Waals surface area contributed by atoms with E-state index in [2.05, 4.69) is 39.8 Å². The van der Waals surface area contributed by atoms with Gasteiger partial charge in [-0.2, -0.15) is 0 Å². The highest BCUT2D eigenvalue weighted by molar-refractivity contribution is 14.1. The second kappa shape index (κ2) is 7.26. The summed E-state index contributed by atoms with van der Waals surface area (Å²) in [5.41, 5.74) is 3.37. The van der Waals surface area contributed by atoms with Crippen LogP contribution >= 0.6 is 22.6 Å². The zero-order valence-corrected chi connectivity index (χ0v) is 14.0. The maximum atomic E-state index is 12.4. The van der Waals surface area contributed by atoms with Crippen LogP contribution in [0, 0.1) is 3.57 Å². The molecule has 0 atom stereocenters. The van der Waals surface area contributed by atoms with Gasteiger partial charge in [0.05, 0.1) is 16.9 Å². The first-order valence-corrected chi connectivity index (χ1v) is 7.69. The Labute approximate surface area is 138 Å². The molecule has 0 saturated carbocycles. The number of para-hydroxylation sites is 2. The van der Waals surface area contributed by atoms with Gasteiger partial charge < -0.3 is 10.6 Å². The number of benzene rings is 2. The molecule has 0 radical (unpaired) electrons. The van der Waals surface area contributed by atoms with Crippen molar-refractivity contribution in [2.75, 3.05) is 17.2 Å². The van der Waals surface area contributed by atoms with Gasteiger partial charge in [-0.25, -0.2) is 0 Å². The van der Waals surface area contributed by atoms with E-state index in [0.29, 0.717) is 12.1 Å². The van der Waals surface area contributed by atoms with Gasteiger partial charge in [-0.1, -0.05) is 36.4 Å². The van der Waals surface area contributed by atoms with Gasteiger partial charge in [0.2, 0.25) is 0 Å². The molecule has 0 aliphatic carbocycles. The van der Waals surface area contributed by atoms with Crippen LogP contribution < -0.4 is 10.6 Å². The number of anilines is 2. The summed E-state index contributed by atoms with van der Waals surface area (Å²) in [5, 5.41) is 6.22. The molecule has 2 aromatic rings. The molecular weight excluding hydrogens is 375 g/mol. The zero-order valence-electron chi connectivity index (χ0n) is 11.8. The SMILES string of the molecule is C=C(C)CNc1ccccc1NC(=O)c1ccccc1I. The maximum Gasteiger partial charge on any atom is 0.256 e. The topological polar surface area (TPSA) is 41.1 Å². The third kappa shape index (κ3) is 4.32. The number of amides is 1. The molecule has 1 amide bonds. The van der Waals surface area contributed by atoms with E-state index in [1.807, 2.05) is 55.5 Å². The van der Waals surface area contributed by atoms with Crippen molar-refractivity contribution in [1.82, 2.24) is 0 Å². The summed E-state index contributed by atoms with van der Waals surface area (Å²) < 4.78 is 0.931. The van der Waals surface area contributed by atoms with Crippen molar-refractivity contribution in [1.29, 1.82) is 0 Å². The van der Waals surface area contributed by atoms with Crippen LogP contribution in [0.4, 0.5) is 11.4 Å². The van der Waals surface area contributed by atoms with Crippen LogP contribution in [0.3, 0.4) is 0 Å². The predicted octanol–water partition coefficient (Wildman–Crippen LogP) is 4.53. The molecule has 0 heterocycles. The molecule has 108 valence electrons. The highest BCUT2D eigenvalue weighted by Crippen LogP contribution is 2.22. The lowest BCUT2D eigenvalue weighted by molar-refractivity contribution is 0.102. The number of carbonyl (C=O) groups is 1. The maximum absolute atomic E-state index is 12.4. The first-order valence-electron chi connectivity index (χ1n) is 6.61. The Hall–Kier alpha value is -1.82. The van der Waals surface area contributed by atoms with Crippen LogP contribution in [0.5, 0.6) is 0 Å². The molecule has 0 unspecified atom stereocenters. The third-order valence-electron chi connectivity index (χ3n) is 2.87. The van der Waals surface area contributed by atoms with E-state index < -0.39 is 0 Å². The number of carbonyl (C=O) groups excluding carboxylic acids is 1. The van der Waals surface area contributed by atoms with Gasteiger partial charge in [-0.05, 0) is 53.8 Å². The Morgan fingerprint density at radius 3 is 2.38 bits per heavy atom. The summed E-state index contributed by atoms with van der Waals surface area (Å²) in [4.78, 5) is 12.4. The van der Waals surface area contributed by atoms with Gasteiger partial charge in [0.1, 0.15) is 0 Å². The smallest absolute Gasteiger partial charge is 0.256 e. The summed E-state index contributed by atoms with van der Waals surface area (Å²) in [6, 6.07) is 15.2. The van der Waals surface area contributed by atoms with Crippen molar-refractivity contribution < 1.29 is 4.79 Å². The van der Waals surface area contributed by atoms with Gasteiger partial charge in [-0.3, -0.25) is 4.79 Å². The van der Waals surface area contributed by atoms with Crippen molar-refractivity contribution in [2.45, 2.75) is 6.92 Å². The molecule has 0 aliphatic rings. The second-order valence-electron chi connectivity index (χ2n) is 4.79. The Kier molecular flexibility index (Phi) is 5.38. The Morgan fingerprint density at radius 1 is 1.10 bits per heavy atom. The molecule has 3 nitrogen and oxygen atoms in total. The minimum Gasteiger partial charge on any atom is -0.380 e. The van der Waals surface area contributed by atoms with Crippen molar-refractivity contribution in [3.8, 4) is 0 Å². The molecule has 21 heavy (non-hydrogen) atoms. The Balaban J connectivity index is 2.18. The van der Waals surface area contributed by atoms with E-state index in [1.165, 1.54) is 0 Å². The van der Waals surface area contributed by atoms with Crippen molar-refractivity contribution in [2.24, 2.45) is 0 Å². The second-order valence-corrected chi connectivity index (χ2v) is 5.95. The monoisotopic (exact) mass is 392 g/mol. The molecular formula is C17H17IN2O. The van der Waals surface area contributed by atoms with Gasteiger partial charge in [0, 0.05) is 10.1 Å². The fraction of sp³-hybridized carbons (Fsp3) is 0.118. The largest absolute Gasteiger partial charge is 0.380 e. The van der Waals surface area contributed by atoms with Crippen LogP contribution in [-0.4, -0.2) is 12.5 Å². The fourth-order valence-electron chi connectivity index (χ4n) is 1.83. The fourth-order valence-corrected chi connectivity index (χ4v) is 2.46. The van der Waals surface area contributed by atoms with Gasteiger partial charge in [-0.15, -0.1) is 0 Å². The lowest BCUT2D eigenvalue weighted by atomic mass is 10.2. The number of nitrogens with one attached hydrogen (secondary N) is 2. The van der Waals surface area contributed by atoms with E-state index in [-0.39, 0.29) is 5.91 Å². The molecule has 2 N–H and O–H groups in total. The first-order chi connectivity index (χ1) is 10.1. The minimum absolute atomic E-state index is 0.107. The lowest BCUT2D eigenvalue weighted by Gasteiger charge is -2.13. The van der Waals surface area contributed by atoms with Crippen molar-refractivity contribution in [3.05, 3.63) is 69.8 Å².